The minimum Gasteiger partial charge on any atom is -0.466 e. The molecule has 0 unspecified atom stereocenters. The van der Waals surface area contributed by atoms with Gasteiger partial charge in [0.1, 0.15) is 0 Å². The van der Waals surface area contributed by atoms with Gasteiger partial charge in [-0.15, -0.1) is 0 Å². The van der Waals surface area contributed by atoms with Crippen LogP contribution in [0.5, 0.6) is 0 Å². The van der Waals surface area contributed by atoms with Crippen molar-refractivity contribution in [1.29, 1.82) is 0 Å². The number of carbonyl (C=O) groups excluding carboxylic acids is 2. The van der Waals surface area contributed by atoms with E-state index < -0.39 is 0 Å². The lowest BCUT2D eigenvalue weighted by Crippen LogP contribution is -2.46. The lowest BCUT2D eigenvalue weighted by Gasteiger charge is -2.33. The summed E-state index contributed by atoms with van der Waals surface area (Å²) in [5.74, 6) is 1.06. The summed E-state index contributed by atoms with van der Waals surface area (Å²) in [4.78, 5) is 32.9. The maximum absolute atomic E-state index is 12.0. The molecule has 0 radical (unpaired) electrons. The van der Waals surface area contributed by atoms with Crippen molar-refractivity contribution in [2.45, 2.75) is 52.6 Å². The number of likely N-dealkylation sites (tertiary alicyclic amines) is 2. The van der Waals surface area contributed by atoms with Crippen molar-refractivity contribution < 1.29 is 14.3 Å². The first-order valence-electron chi connectivity index (χ1n) is 11.2. The van der Waals surface area contributed by atoms with Gasteiger partial charge >= 0.3 is 5.97 Å². The molecule has 2 heterocycles. The van der Waals surface area contributed by atoms with Crippen molar-refractivity contribution in [1.82, 2.24) is 15.1 Å². The van der Waals surface area contributed by atoms with Gasteiger partial charge in [0.25, 0.3) is 0 Å². The summed E-state index contributed by atoms with van der Waals surface area (Å²) in [6.07, 6.45) is 3.22. The molecule has 0 aromatic heterocycles. The third kappa shape index (κ3) is 5.97. The Labute approximate surface area is 179 Å². The molecule has 2 fully saturated rings. The van der Waals surface area contributed by atoms with E-state index in [0.29, 0.717) is 26.1 Å². The molecule has 0 bridgehead atoms. The first kappa shape index (κ1) is 22.1. The normalized spacial score (nSPS) is 18.1. The number of aliphatic imine (C=N–C) groups is 1. The van der Waals surface area contributed by atoms with E-state index in [2.05, 4.69) is 35.3 Å². The quantitative estimate of drug-likeness (QED) is 0.422. The Kier molecular flexibility index (Phi) is 8.11. The molecule has 0 spiro atoms. The van der Waals surface area contributed by atoms with Gasteiger partial charge in [0.15, 0.2) is 5.96 Å². The largest absolute Gasteiger partial charge is 0.466 e. The van der Waals surface area contributed by atoms with Crippen molar-refractivity contribution in [3.05, 3.63) is 35.4 Å². The third-order valence-corrected chi connectivity index (χ3v) is 5.70. The van der Waals surface area contributed by atoms with Crippen LogP contribution >= 0.6 is 0 Å². The summed E-state index contributed by atoms with van der Waals surface area (Å²) >= 11 is 0. The third-order valence-electron chi connectivity index (χ3n) is 5.70. The zero-order valence-corrected chi connectivity index (χ0v) is 18.2. The highest BCUT2D eigenvalue weighted by molar-refractivity contribution is 5.80. The minimum atomic E-state index is -0.0765. The maximum Gasteiger partial charge on any atom is 0.309 e. The lowest BCUT2D eigenvalue weighted by atomic mass is 9.97. The van der Waals surface area contributed by atoms with E-state index in [9.17, 15) is 9.59 Å². The summed E-state index contributed by atoms with van der Waals surface area (Å²) in [7, 11) is 0. The standard InChI is InChI=1S/C23H34N4O3/c1-3-24-23(26-13-10-20(11-14-26)22(29)30-4-2)25-16-18-7-5-8-19(15-18)17-27-12-6-9-21(27)28/h5,7-8,15,20H,3-4,6,9-14,16-17H2,1-2H3,(H,24,25). The van der Waals surface area contributed by atoms with Gasteiger partial charge in [0, 0.05) is 39.1 Å². The van der Waals surface area contributed by atoms with Crippen LogP contribution in [0.15, 0.2) is 29.3 Å². The number of benzene rings is 1. The summed E-state index contributed by atoms with van der Waals surface area (Å²) < 4.78 is 5.17. The average Bonchev–Trinajstić information content (AvgIpc) is 3.16. The molecule has 30 heavy (non-hydrogen) atoms. The molecule has 2 aliphatic heterocycles. The fourth-order valence-electron chi connectivity index (χ4n) is 4.10. The molecule has 2 aliphatic rings. The Balaban J connectivity index is 1.59. The van der Waals surface area contributed by atoms with E-state index in [-0.39, 0.29) is 17.8 Å². The molecular formula is C23H34N4O3. The van der Waals surface area contributed by atoms with Gasteiger partial charge in [-0.3, -0.25) is 9.59 Å². The Morgan fingerprint density at radius 3 is 2.63 bits per heavy atom. The number of esters is 1. The number of hydrogen-bond donors (Lipinski definition) is 1. The lowest BCUT2D eigenvalue weighted by molar-refractivity contribution is -0.149. The number of piperidine rings is 1. The van der Waals surface area contributed by atoms with Gasteiger partial charge in [0.05, 0.1) is 19.1 Å². The molecule has 7 nitrogen and oxygen atoms in total. The molecule has 1 aromatic rings. The zero-order valence-electron chi connectivity index (χ0n) is 18.2. The molecule has 164 valence electrons. The van der Waals surface area contributed by atoms with Crippen LogP contribution in [0.1, 0.15) is 50.7 Å². The molecule has 0 atom stereocenters. The number of carbonyl (C=O) groups is 2. The van der Waals surface area contributed by atoms with Crippen molar-refractivity contribution in [3.63, 3.8) is 0 Å². The summed E-state index contributed by atoms with van der Waals surface area (Å²) in [6.45, 7) is 8.86. The van der Waals surface area contributed by atoms with Crippen molar-refractivity contribution in [2.75, 3.05) is 32.8 Å². The second-order valence-electron chi connectivity index (χ2n) is 7.92. The number of nitrogens with one attached hydrogen (secondary N) is 1. The highest BCUT2D eigenvalue weighted by atomic mass is 16.5. The molecule has 1 N–H and O–H groups in total. The second kappa shape index (κ2) is 11.0. The Hall–Kier alpha value is -2.57. The van der Waals surface area contributed by atoms with Crippen LogP contribution in [-0.2, 0) is 27.4 Å². The number of hydrogen-bond acceptors (Lipinski definition) is 4. The highest BCUT2D eigenvalue weighted by Crippen LogP contribution is 2.19. The zero-order chi connectivity index (χ0) is 21.3. The topological polar surface area (TPSA) is 74.2 Å². The fraction of sp³-hybridized carbons (Fsp3) is 0.609. The molecule has 1 amide bonds. The fourth-order valence-corrected chi connectivity index (χ4v) is 4.10. The van der Waals surface area contributed by atoms with Crippen LogP contribution in [0.2, 0.25) is 0 Å². The van der Waals surface area contributed by atoms with E-state index in [1.165, 1.54) is 0 Å². The van der Waals surface area contributed by atoms with E-state index in [1.807, 2.05) is 17.9 Å². The second-order valence-corrected chi connectivity index (χ2v) is 7.92. The first-order valence-corrected chi connectivity index (χ1v) is 11.2. The number of guanidine groups is 1. The predicted molar refractivity (Wildman–Crippen MR) is 117 cm³/mol. The van der Waals surface area contributed by atoms with Gasteiger partial charge in [-0.1, -0.05) is 24.3 Å². The van der Waals surface area contributed by atoms with Gasteiger partial charge in [-0.05, 0) is 44.2 Å². The number of nitrogens with zero attached hydrogens (tertiary/aromatic N) is 3. The Morgan fingerprint density at radius 1 is 1.20 bits per heavy atom. The average molecular weight is 415 g/mol. The Bertz CT molecular complexity index is 757. The molecule has 3 rings (SSSR count). The predicted octanol–water partition coefficient (Wildman–Crippen LogP) is 2.55. The number of rotatable bonds is 7. The number of ether oxygens (including phenoxy) is 1. The summed E-state index contributed by atoms with van der Waals surface area (Å²) in [5, 5.41) is 3.38. The van der Waals surface area contributed by atoms with Gasteiger partial charge in [-0.2, -0.15) is 0 Å². The van der Waals surface area contributed by atoms with Crippen molar-refractivity contribution in [3.8, 4) is 0 Å². The van der Waals surface area contributed by atoms with Crippen LogP contribution in [0.4, 0.5) is 0 Å². The highest BCUT2D eigenvalue weighted by Gasteiger charge is 2.27. The van der Waals surface area contributed by atoms with Crippen LogP contribution in [0.3, 0.4) is 0 Å². The van der Waals surface area contributed by atoms with Gasteiger partial charge in [0.2, 0.25) is 5.91 Å². The number of amides is 1. The van der Waals surface area contributed by atoms with Crippen LogP contribution in [-0.4, -0.2) is 60.4 Å². The molecule has 1 aromatic carbocycles. The summed E-state index contributed by atoms with van der Waals surface area (Å²) in [5.41, 5.74) is 2.29. The molecule has 0 saturated carbocycles. The van der Waals surface area contributed by atoms with E-state index in [4.69, 9.17) is 9.73 Å². The SMILES string of the molecule is CCNC(=NCc1cccc(CN2CCCC2=O)c1)N1CCC(C(=O)OCC)CC1. The molecule has 2 saturated heterocycles. The van der Waals surface area contributed by atoms with Crippen LogP contribution in [0.25, 0.3) is 0 Å². The van der Waals surface area contributed by atoms with Crippen LogP contribution in [0, 0.1) is 5.92 Å². The monoisotopic (exact) mass is 414 g/mol. The molecule has 7 heteroatoms. The van der Waals surface area contributed by atoms with E-state index in [1.54, 1.807) is 0 Å². The van der Waals surface area contributed by atoms with E-state index in [0.717, 1.165) is 62.5 Å². The van der Waals surface area contributed by atoms with E-state index >= 15 is 0 Å². The van der Waals surface area contributed by atoms with Crippen molar-refractivity contribution >= 4 is 17.8 Å². The molecule has 0 aliphatic carbocycles. The minimum absolute atomic E-state index is 0.00550. The van der Waals surface area contributed by atoms with Gasteiger partial charge in [-0.25, -0.2) is 4.99 Å². The molecular weight excluding hydrogens is 380 g/mol. The summed E-state index contributed by atoms with van der Waals surface area (Å²) in [6, 6.07) is 8.34. The smallest absolute Gasteiger partial charge is 0.309 e. The van der Waals surface area contributed by atoms with Crippen molar-refractivity contribution in [2.24, 2.45) is 10.9 Å². The van der Waals surface area contributed by atoms with Gasteiger partial charge < -0.3 is 19.9 Å². The maximum atomic E-state index is 12.0. The first-order chi connectivity index (χ1) is 14.6. The van der Waals surface area contributed by atoms with Crippen LogP contribution < -0.4 is 5.32 Å². The Morgan fingerprint density at radius 2 is 1.97 bits per heavy atom.